The van der Waals surface area contributed by atoms with Crippen LogP contribution in [-0.4, -0.2) is 33.7 Å². The quantitative estimate of drug-likeness (QED) is 0.531. The summed E-state index contributed by atoms with van der Waals surface area (Å²) < 4.78 is 10.7. The molecule has 154 valence electrons. The van der Waals surface area contributed by atoms with Gasteiger partial charge in [-0.2, -0.15) is 0 Å². The zero-order valence-corrected chi connectivity index (χ0v) is 16.2. The van der Waals surface area contributed by atoms with Crippen molar-refractivity contribution in [3.05, 3.63) is 64.2 Å². The third-order valence-corrected chi connectivity index (χ3v) is 3.65. The van der Waals surface area contributed by atoms with Gasteiger partial charge in [-0.3, -0.25) is 10.1 Å². The number of nitrogens with one attached hydrogen (secondary N) is 1. The van der Waals surface area contributed by atoms with Crippen LogP contribution in [0.3, 0.4) is 0 Å². The largest absolute Gasteiger partial charge is 0.480 e. The van der Waals surface area contributed by atoms with E-state index in [1.807, 2.05) is 0 Å². The van der Waals surface area contributed by atoms with Gasteiger partial charge in [0.25, 0.3) is 0 Å². The first-order valence-electron chi connectivity index (χ1n) is 8.78. The van der Waals surface area contributed by atoms with Gasteiger partial charge < -0.3 is 19.9 Å². The number of benzene rings is 2. The molecule has 1 amide bonds. The lowest BCUT2D eigenvalue weighted by molar-refractivity contribution is -0.386. The van der Waals surface area contributed by atoms with Gasteiger partial charge in [-0.1, -0.05) is 30.3 Å². The Morgan fingerprint density at radius 2 is 1.79 bits per heavy atom. The molecule has 0 aliphatic heterocycles. The summed E-state index contributed by atoms with van der Waals surface area (Å²) in [5, 5.41) is 23.3. The van der Waals surface area contributed by atoms with E-state index in [0.717, 1.165) is 0 Å². The summed E-state index contributed by atoms with van der Waals surface area (Å²) in [4.78, 5) is 34.5. The number of alkyl carbamates (subject to hydrolysis) is 1. The Bertz CT molecular complexity index is 891. The molecule has 0 unspecified atom stereocenters. The molecule has 1 atom stereocenters. The first kappa shape index (κ1) is 21.7. The molecule has 9 heteroatoms. The van der Waals surface area contributed by atoms with Crippen molar-refractivity contribution >= 4 is 17.7 Å². The molecule has 0 spiro atoms. The topological polar surface area (TPSA) is 128 Å². The Morgan fingerprint density at radius 1 is 1.14 bits per heavy atom. The van der Waals surface area contributed by atoms with Crippen molar-refractivity contribution in [3.8, 4) is 11.5 Å². The molecule has 0 heterocycles. The molecule has 0 aliphatic rings. The summed E-state index contributed by atoms with van der Waals surface area (Å²) in [6, 6.07) is 11.4. The summed E-state index contributed by atoms with van der Waals surface area (Å²) in [6.45, 7) is 4.91. The van der Waals surface area contributed by atoms with Crippen LogP contribution < -0.4 is 10.1 Å². The fraction of sp³-hybridized carbons (Fsp3) is 0.300. The average Bonchev–Trinajstić information content (AvgIpc) is 2.60. The average molecular weight is 402 g/mol. The molecule has 0 saturated heterocycles. The molecule has 0 saturated carbocycles. The fourth-order valence-corrected chi connectivity index (χ4v) is 2.51. The smallest absolute Gasteiger partial charge is 0.408 e. The Hall–Kier alpha value is -3.62. The third kappa shape index (κ3) is 6.49. The number of carboxylic acids is 1. The van der Waals surface area contributed by atoms with E-state index in [1.165, 1.54) is 18.2 Å². The number of rotatable bonds is 7. The first-order valence-corrected chi connectivity index (χ1v) is 8.78. The molecule has 0 aliphatic carbocycles. The van der Waals surface area contributed by atoms with Crippen molar-refractivity contribution in [1.29, 1.82) is 0 Å². The van der Waals surface area contributed by atoms with Crippen molar-refractivity contribution in [2.45, 2.75) is 38.8 Å². The highest BCUT2D eigenvalue weighted by Crippen LogP contribution is 2.35. The van der Waals surface area contributed by atoms with Crippen molar-refractivity contribution in [2.24, 2.45) is 0 Å². The van der Waals surface area contributed by atoms with Crippen molar-refractivity contribution in [1.82, 2.24) is 5.32 Å². The number of aliphatic carboxylic acids is 1. The van der Waals surface area contributed by atoms with E-state index in [4.69, 9.17) is 9.47 Å². The molecule has 0 aromatic heterocycles. The lowest BCUT2D eigenvalue weighted by Crippen LogP contribution is -2.44. The predicted octanol–water partition coefficient (Wildman–Crippen LogP) is 3.91. The summed E-state index contributed by atoms with van der Waals surface area (Å²) >= 11 is 0. The molecule has 9 nitrogen and oxygen atoms in total. The lowest BCUT2D eigenvalue weighted by atomic mass is 10.0. The number of hydrogen-bond acceptors (Lipinski definition) is 6. The molecule has 2 aromatic carbocycles. The van der Waals surface area contributed by atoms with Gasteiger partial charge in [0.1, 0.15) is 17.4 Å². The maximum absolute atomic E-state index is 11.9. The van der Waals surface area contributed by atoms with Crippen LogP contribution in [0.25, 0.3) is 0 Å². The fourth-order valence-electron chi connectivity index (χ4n) is 2.51. The van der Waals surface area contributed by atoms with Gasteiger partial charge in [0.2, 0.25) is 5.75 Å². The van der Waals surface area contributed by atoms with Crippen LogP contribution in [0.2, 0.25) is 0 Å². The maximum Gasteiger partial charge on any atom is 0.408 e. The number of nitrogens with zero attached hydrogens (tertiary/aromatic N) is 1. The minimum Gasteiger partial charge on any atom is -0.480 e. The molecule has 0 bridgehead atoms. The molecule has 0 radical (unpaired) electrons. The monoisotopic (exact) mass is 402 g/mol. The minimum atomic E-state index is -1.42. The standard InChI is InChI=1S/C20H22N2O7/c1-20(2,3)29-19(25)21-15(18(23)24)12-13-8-7-11-16(17(13)22(26)27)28-14-9-5-4-6-10-14/h4-11,15H,12H2,1-3H3,(H,21,25)(H,23,24)/t15-/m0/s1. The second kappa shape index (κ2) is 9.05. The van der Waals surface area contributed by atoms with Crippen LogP contribution in [0.1, 0.15) is 26.3 Å². The van der Waals surface area contributed by atoms with Gasteiger partial charge in [0, 0.05) is 12.0 Å². The Kier molecular flexibility index (Phi) is 6.76. The van der Waals surface area contributed by atoms with Crippen LogP contribution in [0.15, 0.2) is 48.5 Å². The van der Waals surface area contributed by atoms with Crippen molar-refractivity contribution in [3.63, 3.8) is 0 Å². The van der Waals surface area contributed by atoms with E-state index in [-0.39, 0.29) is 23.4 Å². The van der Waals surface area contributed by atoms with Crippen molar-refractivity contribution < 1.29 is 29.1 Å². The van der Waals surface area contributed by atoms with Gasteiger partial charge >= 0.3 is 17.7 Å². The predicted molar refractivity (Wildman–Crippen MR) is 104 cm³/mol. The van der Waals surface area contributed by atoms with Gasteiger partial charge in [-0.25, -0.2) is 9.59 Å². The summed E-state index contributed by atoms with van der Waals surface area (Å²) in [5.74, 6) is -0.978. The van der Waals surface area contributed by atoms with Gasteiger partial charge in [0.15, 0.2) is 0 Å². The molecule has 0 fully saturated rings. The highest BCUT2D eigenvalue weighted by Gasteiger charge is 2.29. The van der Waals surface area contributed by atoms with E-state index in [0.29, 0.717) is 5.75 Å². The summed E-state index contributed by atoms with van der Waals surface area (Å²) in [6.07, 6.45) is -1.25. The number of carbonyl (C=O) groups excluding carboxylic acids is 1. The molecule has 2 aromatic rings. The lowest BCUT2D eigenvalue weighted by Gasteiger charge is -2.22. The first-order chi connectivity index (χ1) is 13.6. The van der Waals surface area contributed by atoms with E-state index >= 15 is 0 Å². The Labute approximate surface area is 167 Å². The number of ether oxygens (including phenoxy) is 2. The van der Waals surface area contributed by atoms with Crippen LogP contribution in [0.5, 0.6) is 11.5 Å². The zero-order chi connectivity index (χ0) is 21.6. The van der Waals surface area contributed by atoms with E-state index < -0.39 is 28.6 Å². The zero-order valence-electron chi connectivity index (χ0n) is 16.2. The highest BCUT2D eigenvalue weighted by molar-refractivity contribution is 5.80. The molecular weight excluding hydrogens is 380 g/mol. The summed E-state index contributed by atoms with van der Waals surface area (Å²) in [5.41, 5.74) is -1.08. The van der Waals surface area contributed by atoms with Gasteiger partial charge in [-0.05, 0) is 39.0 Å². The van der Waals surface area contributed by atoms with E-state index in [9.17, 15) is 24.8 Å². The van der Waals surface area contributed by atoms with Crippen LogP contribution in [0.4, 0.5) is 10.5 Å². The van der Waals surface area contributed by atoms with E-state index in [1.54, 1.807) is 51.1 Å². The van der Waals surface area contributed by atoms with Crippen LogP contribution in [0, 0.1) is 10.1 Å². The SMILES string of the molecule is CC(C)(C)OC(=O)N[C@@H](Cc1cccc(Oc2ccccc2)c1[N+](=O)[O-])C(=O)O. The molecule has 2 N–H and O–H groups in total. The Morgan fingerprint density at radius 3 is 2.34 bits per heavy atom. The number of para-hydroxylation sites is 2. The highest BCUT2D eigenvalue weighted by atomic mass is 16.6. The Balaban J connectivity index is 2.29. The van der Waals surface area contributed by atoms with Gasteiger partial charge in [0.05, 0.1) is 4.92 Å². The number of hydrogen-bond donors (Lipinski definition) is 2. The molecule has 2 rings (SSSR count). The second-order valence-electron chi connectivity index (χ2n) is 7.18. The minimum absolute atomic E-state index is 0.0277. The van der Waals surface area contributed by atoms with Crippen molar-refractivity contribution in [2.75, 3.05) is 0 Å². The third-order valence-electron chi connectivity index (χ3n) is 3.65. The normalized spacial score (nSPS) is 12.0. The molecular formula is C20H22N2O7. The number of amides is 1. The molecule has 29 heavy (non-hydrogen) atoms. The number of nitro benzene ring substituents is 1. The second-order valence-corrected chi connectivity index (χ2v) is 7.18. The number of carboxylic acid groups (broad SMARTS) is 1. The van der Waals surface area contributed by atoms with E-state index in [2.05, 4.69) is 5.32 Å². The van der Waals surface area contributed by atoms with Crippen LogP contribution in [-0.2, 0) is 16.0 Å². The van der Waals surface area contributed by atoms with Gasteiger partial charge in [-0.15, -0.1) is 0 Å². The summed E-state index contributed by atoms with van der Waals surface area (Å²) in [7, 11) is 0. The number of nitro groups is 1. The maximum atomic E-state index is 11.9. The number of carbonyl (C=O) groups is 2. The van der Waals surface area contributed by atoms with Crippen LogP contribution >= 0.6 is 0 Å².